The van der Waals surface area contributed by atoms with Crippen LogP contribution in [0.3, 0.4) is 0 Å². The zero-order valence-corrected chi connectivity index (χ0v) is 16.9. The SMILES string of the molecule is CCOc1cc2c(cc1CNC(=NC)NCc1ccc(OC)nc1)OC(C)C2. The van der Waals surface area contributed by atoms with Gasteiger partial charge in [0.1, 0.15) is 17.6 Å². The van der Waals surface area contributed by atoms with E-state index in [1.54, 1.807) is 20.4 Å². The van der Waals surface area contributed by atoms with E-state index in [4.69, 9.17) is 14.2 Å². The van der Waals surface area contributed by atoms with Crippen molar-refractivity contribution < 1.29 is 14.2 Å². The maximum Gasteiger partial charge on any atom is 0.212 e. The van der Waals surface area contributed by atoms with E-state index in [0.29, 0.717) is 31.5 Å². The number of ether oxygens (including phenoxy) is 3. The molecule has 7 heteroatoms. The fourth-order valence-corrected chi connectivity index (χ4v) is 3.13. The van der Waals surface area contributed by atoms with Crippen molar-refractivity contribution >= 4 is 5.96 Å². The average Bonchev–Trinajstić information content (AvgIpc) is 3.07. The summed E-state index contributed by atoms with van der Waals surface area (Å²) in [7, 11) is 3.35. The Bertz CT molecular complexity index is 821. The van der Waals surface area contributed by atoms with Gasteiger partial charge in [-0.25, -0.2) is 4.98 Å². The predicted molar refractivity (Wildman–Crippen MR) is 109 cm³/mol. The molecule has 28 heavy (non-hydrogen) atoms. The first-order chi connectivity index (χ1) is 13.6. The van der Waals surface area contributed by atoms with Crippen molar-refractivity contribution in [3.05, 3.63) is 47.2 Å². The molecule has 0 fully saturated rings. The van der Waals surface area contributed by atoms with Gasteiger partial charge >= 0.3 is 0 Å². The molecule has 2 aromatic rings. The zero-order chi connectivity index (χ0) is 19.9. The van der Waals surface area contributed by atoms with Crippen LogP contribution in [0.15, 0.2) is 35.5 Å². The summed E-state index contributed by atoms with van der Waals surface area (Å²) in [5, 5.41) is 6.63. The summed E-state index contributed by atoms with van der Waals surface area (Å²) in [4.78, 5) is 8.50. The Kier molecular flexibility index (Phi) is 6.57. The fraction of sp³-hybridized carbons (Fsp3) is 0.429. The minimum absolute atomic E-state index is 0.209. The number of nitrogens with zero attached hydrogens (tertiary/aromatic N) is 2. The minimum Gasteiger partial charge on any atom is -0.494 e. The molecular weight excluding hydrogens is 356 g/mol. The molecule has 0 amide bonds. The van der Waals surface area contributed by atoms with Crippen LogP contribution in [0.1, 0.15) is 30.5 Å². The topological polar surface area (TPSA) is 77.0 Å². The summed E-state index contributed by atoms with van der Waals surface area (Å²) >= 11 is 0. The van der Waals surface area contributed by atoms with Gasteiger partial charge in [0.15, 0.2) is 5.96 Å². The molecule has 150 valence electrons. The number of methoxy groups -OCH3 is 1. The Balaban J connectivity index is 1.62. The molecule has 0 spiro atoms. The molecule has 1 aliphatic heterocycles. The summed E-state index contributed by atoms with van der Waals surface area (Å²) in [5.41, 5.74) is 3.29. The summed E-state index contributed by atoms with van der Waals surface area (Å²) in [6.45, 7) is 5.89. The highest BCUT2D eigenvalue weighted by atomic mass is 16.5. The smallest absolute Gasteiger partial charge is 0.212 e. The molecule has 7 nitrogen and oxygen atoms in total. The second-order valence-electron chi connectivity index (χ2n) is 6.62. The lowest BCUT2D eigenvalue weighted by Crippen LogP contribution is -2.36. The number of nitrogens with one attached hydrogen (secondary N) is 2. The van der Waals surface area contributed by atoms with Crippen molar-refractivity contribution in [1.82, 2.24) is 15.6 Å². The minimum atomic E-state index is 0.209. The molecule has 1 atom stereocenters. The van der Waals surface area contributed by atoms with Crippen LogP contribution in [-0.2, 0) is 19.5 Å². The molecule has 1 unspecified atom stereocenters. The first kappa shape index (κ1) is 19.8. The van der Waals surface area contributed by atoms with Crippen LogP contribution in [0.2, 0.25) is 0 Å². The Hall–Kier alpha value is -2.96. The molecule has 1 aromatic carbocycles. The predicted octanol–water partition coefficient (Wildman–Crippen LogP) is 2.68. The van der Waals surface area contributed by atoms with Crippen molar-refractivity contribution in [1.29, 1.82) is 0 Å². The zero-order valence-electron chi connectivity index (χ0n) is 16.9. The third kappa shape index (κ3) is 4.85. The van der Waals surface area contributed by atoms with E-state index in [-0.39, 0.29) is 6.10 Å². The van der Waals surface area contributed by atoms with E-state index in [1.165, 1.54) is 5.56 Å². The Morgan fingerprint density at radius 2 is 2.11 bits per heavy atom. The molecule has 0 aliphatic carbocycles. The van der Waals surface area contributed by atoms with E-state index < -0.39 is 0 Å². The van der Waals surface area contributed by atoms with Gasteiger partial charge in [0.25, 0.3) is 0 Å². The van der Waals surface area contributed by atoms with Crippen LogP contribution >= 0.6 is 0 Å². The monoisotopic (exact) mass is 384 g/mol. The molecule has 0 saturated heterocycles. The lowest BCUT2D eigenvalue weighted by Gasteiger charge is -2.16. The van der Waals surface area contributed by atoms with Gasteiger partial charge in [-0.05, 0) is 31.5 Å². The van der Waals surface area contributed by atoms with Crippen molar-refractivity contribution in [2.45, 2.75) is 39.5 Å². The Morgan fingerprint density at radius 3 is 2.79 bits per heavy atom. The van der Waals surface area contributed by atoms with Crippen molar-refractivity contribution in [3.8, 4) is 17.4 Å². The first-order valence-corrected chi connectivity index (χ1v) is 9.51. The molecule has 1 aromatic heterocycles. The third-order valence-electron chi connectivity index (χ3n) is 4.52. The van der Waals surface area contributed by atoms with E-state index in [1.807, 2.05) is 19.1 Å². The standard InChI is InChI=1S/C21H28N4O3/c1-5-27-18-9-16-8-14(2)28-19(16)10-17(18)13-25-21(22-3)24-12-15-6-7-20(26-4)23-11-15/h6-7,9-11,14H,5,8,12-13H2,1-4H3,(H2,22,24,25). The molecular formula is C21H28N4O3. The van der Waals surface area contributed by atoms with Gasteiger partial charge in [-0.2, -0.15) is 0 Å². The van der Waals surface area contributed by atoms with Crippen LogP contribution in [0.5, 0.6) is 17.4 Å². The Morgan fingerprint density at radius 1 is 1.29 bits per heavy atom. The second kappa shape index (κ2) is 9.30. The number of guanidine groups is 1. The normalized spacial score (nSPS) is 15.6. The molecule has 3 rings (SSSR count). The number of rotatable bonds is 7. The van der Waals surface area contributed by atoms with Crippen LogP contribution in [0, 0.1) is 0 Å². The summed E-state index contributed by atoms with van der Waals surface area (Å²) in [6, 6.07) is 7.97. The van der Waals surface area contributed by atoms with Gasteiger partial charge in [0.2, 0.25) is 5.88 Å². The van der Waals surface area contributed by atoms with Crippen LogP contribution in [0.4, 0.5) is 0 Å². The summed E-state index contributed by atoms with van der Waals surface area (Å²) in [5.74, 6) is 3.14. The lowest BCUT2D eigenvalue weighted by atomic mass is 10.1. The summed E-state index contributed by atoms with van der Waals surface area (Å²) in [6.07, 6.45) is 2.91. The highest BCUT2D eigenvalue weighted by Crippen LogP contribution is 2.35. The highest BCUT2D eigenvalue weighted by molar-refractivity contribution is 5.79. The third-order valence-corrected chi connectivity index (χ3v) is 4.52. The Labute approximate surface area is 166 Å². The number of pyridine rings is 1. The number of aliphatic imine (C=N–C) groups is 1. The molecule has 0 saturated carbocycles. The van der Waals surface area contributed by atoms with E-state index in [2.05, 4.69) is 39.7 Å². The lowest BCUT2D eigenvalue weighted by molar-refractivity contribution is 0.254. The first-order valence-electron chi connectivity index (χ1n) is 9.51. The number of fused-ring (bicyclic) bond motifs is 1. The van der Waals surface area contributed by atoms with E-state index in [9.17, 15) is 0 Å². The van der Waals surface area contributed by atoms with Crippen LogP contribution < -0.4 is 24.8 Å². The van der Waals surface area contributed by atoms with Gasteiger partial charge in [-0.3, -0.25) is 4.99 Å². The molecule has 0 radical (unpaired) electrons. The number of hydrogen-bond donors (Lipinski definition) is 2. The fourth-order valence-electron chi connectivity index (χ4n) is 3.13. The van der Waals surface area contributed by atoms with E-state index in [0.717, 1.165) is 29.0 Å². The van der Waals surface area contributed by atoms with Gasteiger partial charge in [0.05, 0.1) is 13.7 Å². The van der Waals surface area contributed by atoms with Gasteiger partial charge < -0.3 is 24.8 Å². The highest BCUT2D eigenvalue weighted by Gasteiger charge is 2.21. The maximum absolute atomic E-state index is 5.89. The van der Waals surface area contributed by atoms with Gasteiger partial charge in [0, 0.05) is 49.9 Å². The number of hydrogen-bond acceptors (Lipinski definition) is 5. The summed E-state index contributed by atoms with van der Waals surface area (Å²) < 4.78 is 16.8. The molecule has 1 aliphatic rings. The maximum atomic E-state index is 5.89. The number of benzene rings is 1. The van der Waals surface area contributed by atoms with Crippen molar-refractivity contribution in [2.75, 3.05) is 20.8 Å². The number of aromatic nitrogens is 1. The van der Waals surface area contributed by atoms with Crippen molar-refractivity contribution in [3.63, 3.8) is 0 Å². The second-order valence-corrected chi connectivity index (χ2v) is 6.62. The van der Waals surface area contributed by atoms with Crippen LogP contribution in [0.25, 0.3) is 0 Å². The van der Waals surface area contributed by atoms with E-state index >= 15 is 0 Å². The quantitative estimate of drug-likeness (QED) is 0.565. The molecule has 0 bridgehead atoms. The van der Waals surface area contributed by atoms with Gasteiger partial charge in [-0.15, -0.1) is 0 Å². The van der Waals surface area contributed by atoms with Crippen molar-refractivity contribution in [2.24, 2.45) is 4.99 Å². The molecule has 2 N–H and O–H groups in total. The van der Waals surface area contributed by atoms with Crippen LogP contribution in [-0.4, -0.2) is 37.8 Å². The molecule has 2 heterocycles. The largest absolute Gasteiger partial charge is 0.494 e. The van der Waals surface area contributed by atoms with Gasteiger partial charge in [-0.1, -0.05) is 6.07 Å². The average molecular weight is 384 g/mol.